The van der Waals surface area contributed by atoms with Crippen LogP contribution in [0.3, 0.4) is 0 Å². The third-order valence-corrected chi connectivity index (χ3v) is 7.89. The molecule has 6 rings (SSSR count). The first kappa shape index (κ1) is 20.0. The van der Waals surface area contributed by atoms with E-state index in [9.17, 15) is 14.3 Å². The molecule has 3 aromatic rings. The number of rotatable bonds is 4. The van der Waals surface area contributed by atoms with Crippen LogP contribution in [0.4, 0.5) is 4.39 Å². The lowest BCUT2D eigenvalue weighted by atomic mass is 9.76. The number of benzene rings is 2. The van der Waals surface area contributed by atoms with Crippen LogP contribution in [-0.2, 0) is 50.0 Å². The zero-order chi connectivity index (χ0) is 21.8. The number of aliphatic carboxylic acids is 1. The fourth-order valence-electron chi connectivity index (χ4n) is 6.42. The molecule has 5 heteroatoms. The Bertz CT molecular complexity index is 1180. The van der Waals surface area contributed by atoms with E-state index in [0.29, 0.717) is 6.42 Å². The molecule has 0 bridgehead atoms. The maximum Gasteiger partial charge on any atom is 0.321 e. The van der Waals surface area contributed by atoms with Crippen molar-refractivity contribution >= 4 is 16.9 Å². The van der Waals surface area contributed by atoms with Crippen LogP contribution in [0.1, 0.15) is 64.8 Å². The van der Waals surface area contributed by atoms with Crippen LogP contribution >= 0.6 is 0 Å². The first-order valence-electron chi connectivity index (χ1n) is 12.0. The number of nitrogens with one attached hydrogen (secondary N) is 1. The van der Waals surface area contributed by atoms with Crippen molar-refractivity contribution in [3.05, 3.63) is 69.2 Å². The molecule has 2 aromatic carbocycles. The van der Waals surface area contributed by atoms with Gasteiger partial charge in [-0.3, -0.25) is 9.69 Å². The number of aromatic amines is 1. The number of fused-ring (bicyclic) bond motifs is 7. The number of nitrogens with zero attached hydrogens (tertiary/aromatic N) is 1. The predicted molar refractivity (Wildman–Crippen MR) is 122 cm³/mol. The average Bonchev–Trinajstić information content (AvgIpc) is 3.41. The van der Waals surface area contributed by atoms with Crippen LogP contribution in [0, 0.1) is 5.82 Å². The summed E-state index contributed by atoms with van der Waals surface area (Å²) in [6.45, 7) is 1.47. The van der Waals surface area contributed by atoms with Gasteiger partial charge in [-0.1, -0.05) is 0 Å². The first-order chi connectivity index (χ1) is 15.6. The highest BCUT2D eigenvalue weighted by Crippen LogP contribution is 2.41. The largest absolute Gasteiger partial charge is 0.480 e. The molecule has 0 saturated carbocycles. The maximum absolute atomic E-state index is 13.6. The van der Waals surface area contributed by atoms with Crippen LogP contribution in [-0.4, -0.2) is 27.0 Å². The minimum Gasteiger partial charge on any atom is -0.480 e. The molecule has 1 aromatic heterocycles. The molecule has 166 valence electrons. The second-order valence-corrected chi connectivity index (χ2v) is 9.77. The Balaban J connectivity index is 1.34. The number of carboxylic acid groups (broad SMARTS) is 1. The van der Waals surface area contributed by atoms with E-state index >= 15 is 0 Å². The smallest absolute Gasteiger partial charge is 0.321 e. The molecule has 3 aliphatic rings. The zero-order valence-electron chi connectivity index (χ0n) is 18.3. The van der Waals surface area contributed by atoms with Gasteiger partial charge in [-0.05, 0) is 114 Å². The van der Waals surface area contributed by atoms with E-state index in [2.05, 4.69) is 9.88 Å². The molecule has 1 atom stereocenters. The molecule has 2 aliphatic carbocycles. The number of halogens is 1. The van der Waals surface area contributed by atoms with E-state index in [1.807, 2.05) is 6.07 Å². The highest BCUT2D eigenvalue weighted by atomic mass is 19.1. The molecule has 0 unspecified atom stereocenters. The van der Waals surface area contributed by atoms with Crippen LogP contribution in [0.15, 0.2) is 24.3 Å². The van der Waals surface area contributed by atoms with E-state index in [4.69, 9.17) is 0 Å². The molecule has 0 fully saturated rings. The van der Waals surface area contributed by atoms with Crippen molar-refractivity contribution in [2.75, 3.05) is 0 Å². The first-order valence-corrected chi connectivity index (χ1v) is 12.0. The molecular weight excluding hydrogens is 403 g/mol. The molecule has 0 amide bonds. The Labute approximate surface area is 187 Å². The van der Waals surface area contributed by atoms with Crippen LogP contribution in [0.2, 0.25) is 0 Å². The maximum atomic E-state index is 13.6. The minimum absolute atomic E-state index is 0.287. The summed E-state index contributed by atoms with van der Waals surface area (Å²) >= 11 is 0. The monoisotopic (exact) mass is 432 g/mol. The quantitative estimate of drug-likeness (QED) is 0.605. The summed E-state index contributed by atoms with van der Waals surface area (Å²) in [5.74, 6) is -1.07. The Morgan fingerprint density at radius 3 is 2.03 bits per heavy atom. The van der Waals surface area contributed by atoms with Gasteiger partial charge in [0.15, 0.2) is 0 Å². The topological polar surface area (TPSA) is 56.3 Å². The minimum atomic E-state index is -0.787. The molecule has 4 nitrogen and oxygen atoms in total. The van der Waals surface area contributed by atoms with E-state index in [0.717, 1.165) is 42.5 Å². The molecular formula is C27H29FN2O2. The van der Waals surface area contributed by atoms with E-state index in [1.54, 1.807) is 28.3 Å². The van der Waals surface area contributed by atoms with Gasteiger partial charge in [0.1, 0.15) is 11.9 Å². The molecule has 0 saturated heterocycles. The molecule has 0 spiro atoms. The standard InChI is InChI=1S/C27H29FN2O2/c28-17-10-9-16-11-18(29-25(16)12-17)13-26(27(31)32)30-14-23-21-7-3-1-5-19(21)20-6-2-4-8-22(20)24(23)15-30/h9-12,26,29H,1-8,13-15H2,(H,31,32)/t26-/m1/s1. The summed E-state index contributed by atoms with van der Waals surface area (Å²) < 4.78 is 13.6. The molecule has 2 heterocycles. The fourth-order valence-corrected chi connectivity index (χ4v) is 6.42. The van der Waals surface area contributed by atoms with Gasteiger partial charge in [-0.2, -0.15) is 0 Å². The number of hydrogen-bond donors (Lipinski definition) is 2. The lowest BCUT2D eigenvalue weighted by Crippen LogP contribution is -2.39. The molecule has 2 N–H and O–H groups in total. The van der Waals surface area contributed by atoms with Gasteiger partial charge in [-0.25, -0.2) is 4.39 Å². The van der Waals surface area contributed by atoms with Crippen molar-refractivity contribution in [1.82, 2.24) is 9.88 Å². The van der Waals surface area contributed by atoms with Crippen molar-refractivity contribution in [3.63, 3.8) is 0 Å². The Kier molecular flexibility index (Phi) is 4.83. The van der Waals surface area contributed by atoms with Gasteiger partial charge >= 0.3 is 5.97 Å². The van der Waals surface area contributed by atoms with Crippen molar-refractivity contribution in [1.29, 1.82) is 0 Å². The summed E-state index contributed by atoms with van der Waals surface area (Å²) in [4.78, 5) is 17.8. The van der Waals surface area contributed by atoms with Gasteiger partial charge in [0.25, 0.3) is 0 Å². The summed E-state index contributed by atoms with van der Waals surface area (Å²) in [5.41, 5.74) is 10.7. The average molecular weight is 433 g/mol. The highest BCUT2D eigenvalue weighted by Gasteiger charge is 2.36. The van der Waals surface area contributed by atoms with Crippen molar-refractivity contribution in [2.45, 2.75) is 76.9 Å². The Morgan fingerprint density at radius 2 is 1.47 bits per heavy atom. The summed E-state index contributed by atoms with van der Waals surface area (Å²) in [6.07, 6.45) is 10.1. The Morgan fingerprint density at radius 1 is 0.906 bits per heavy atom. The Hall–Kier alpha value is -2.66. The van der Waals surface area contributed by atoms with Crippen molar-refractivity contribution in [2.24, 2.45) is 0 Å². The highest BCUT2D eigenvalue weighted by molar-refractivity contribution is 5.81. The van der Waals surface area contributed by atoms with Gasteiger partial charge in [-0.15, -0.1) is 0 Å². The molecule has 1 aliphatic heterocycles. The van der Waals surface area contributed by atoms with Gasteiger partial charge in [0.05, 0.1) is 0 Å². The second kappa shape index (κ2) is 7.73. The summed E-state index contributed by atoms with van der Waals surface area (Å²) in [7, 11) is 0. The third kappa shape index (κ3) is 3.25. The molecule has 32 heavy (non-hydrogen) atoms. The number of H-pyrrole nitrogens is 1. The lowest BCUT2D eigenvalue weighted by Gasteiger charge is -2.29. The van der Waals surface area contributed by atoms with Crippen LogP contribution in [0.5, 0.6) is 0 Å². The third-order valence-electron chi connectivity index (χ3n) is 7.89. The zero-order valence-corrected chi connectivity index (χ0v) is 18.3. The predicted octanol–water partition coefficient (Wildman–Crippen LogP) is 5.08. The summed E-state index contributed by atoms with van der Waals surface area (Å²) in [6, 6.07) is 6.01. The van der Waals surface area contributed by atoms with Crippen molar-refractivity contribution < 1.29 is 14.3 Å². The molecule has 0 radical (unpaired) electrons. The van der Waals surface area contributed by atoms with E-state index in [-0.39, 0.29) is 5.82 Å². The lowest BCUT2D eigenvalue weighted by molar-refractivity contribution is -0.143. The van der Waals surface area contributed by atoms with Gasteiger partial charge in [0, 0.05) is 30.7 Å². The van der Waals surface area contributed by atoms with Crippen LogP contribution < -0.4 is 0 Å². The van der Waals surface area contributed by atoms with E-state index < -0.39 is 12.0 Å². The number of hydrogen-bond acceptors (Lipinski definition) is 2. The van der Waals surface area contributed by atoms with Gasteiger partial charge in [0.2, 0.25) is 0 Å². The van der Waals surface area contributed by atoms with Crippen LogP contribution in [0.25, 0.3) is 10.9 Å². The number of carbonyl (C=O) groups is 1. The normalized spacial score (nSPS) is 18.9. The summed E-state index contributed by atoms with van der Waals surface area (Å²) in [5, 5.41) is 11.1. The van der Waals surface area contributed by atoms with Crippen molar-refractivity contribution in [3.8, 4) is 0 Å². The van der Waals surface area contributed by atoms with Gasteiger partial charge < -0.3 is 10.1 Å². The number of carboxylic acids is 1. The second-order valence-electron chi connectivity index (χ2n) is 9.77. The fraction of sp³-hybridized carbons (Fsp3) is 0.444. The SMILES string of the molecule is O=C(O)[C@@H](Cc1cc2ccc(F)cc2[nH]1)N1Cc2c3c(c4c(c2C1)CCCC4)CCCC3. The number of aromatic nitrogens is 1. The van der Waals surface area contributed by atoms with E-state index in [1.165, 1.54) is 61.8 Å².